The molecule has 0 atom stereocenters. The lowest BCUT2D eigenvalue weighted by atomic mass is 9.94. The van der Waals surface area contributed by atoms with Crippen LogP contribution in [0.1, 0.15) is 20.8 Å². The molecule has 14 heavy (non-hydrogen) atoms. The van der Waals surface area contributed by atoms with Crippen LogP contribution < -0.4 is 5.32 Å². The molecule has 0 aromatic rings. The van der Waals surface area contributed by atoms with Crippen LogP contribution in [0.3, 0.4) is 0 Å². The van der Waals surface area contributed by atoms with Gasteiger partial charge in [-0.3, -0.25) is 0 Å². The molecule has 1 saturated heterocycles. The van der Waals surface area contributed by atoms with Crippen LogP contribution in [0.4, 0.5) is 4.79 Å². The van der Waals surface area contributed by atoms with Gasteiger partial charge in [0, 0.05) is 25.6 Å². The topological polar surface area (TPSA) is 32.3 Å². The highest BCUT2D eigenvalue weighted by atomic mass is 16.2. The summed E-state index contributed by atoms with van der Waals surface area (Å²) in [6.45, 7) is 7.81. The maximum atomic E-state index is 11.1. The van der Waals surface area contributed by atoms with Gasteiger partial charge in [-0.05, 0) is 20.8 Å². The highest BCUT2D eigenvalue weighted by Gasteiger charge is 2.28. The fourth-order valence-electron chi connectivity index (χ4n) is 1.21. The molecule has 0 radical (unpaired) electrons. The molecule has 3 nitrogen and oxygen atoms in total. The van der Waals surface area contributed by atoms with Gasteiger partial charge in [0.2, 0.25) is 0 Å². The Labute approximate surface area is 85.9 Å². The van der Waals surface area contributed by atoms with E-state index in [1.165, 1.54) is 0 Å². The van der Waals surface area contributed by atoms with E-state index >= 15 is 0 Å². The summed E-state index contributed by atoms with van der Waals surface area (Å²) in [4.78, 5) is 12.9. The maximum absolute atomic E-state index is 11.1. The first-order valence-corrected chi connectivity index (χ1v) is 4.92. The van der Waals surface area contributed by atoms with Crippen LogP contribution in [0.25, 0.3) is 0 Å². The van der Waals surface area contributed by atoms with Crippen LogP contribution in [-0.2, 0) is 0 Å². The summed E-state index contributed by atoms with van der Waals surface area (Å²) in [5.74, 6) is 6.76. The summed E-state index contributed by atoms with van der Waals surface area (Å²) >= 11 is 0. The average Bonchev–Trinajstić information content (AvgIpc) is 1.98. The first-order valence-electron chi connectivity index (χ1n) is 4.92. The van der Waals surface area contributed by atoms with Crippen molar-refractivity contribution in [2.75, 3.05) is 20.1 Å². The number of carbonyl (C=O) groups excluding carboxylic acids is 1. The van der Waals surface area contributed by atoms with Crippen molar-refractivity contribution in [3.05, 3.63) is 0 Å². The fraction of sp³-hybridized carbons (Fsp3) is 0.727. The van der Waals surface area contributed by atoms with E-state index in [1.807, 2.05) is 0 Å². The summed E-state index contributed by atoms with van der Waals surface area (Å²) < 4.78 is 0. The molecule has 1 rings (SSSR count). The van der Waals surface area contributed by atoms with Gasteiger partial charge < -0.3 is 10.2 Å². The van der Waals surface area contributed by atoms with Crippen molar-refractivity contribution in [2.45, 2.75) is 20.8 Å². The number of likely N-dealkylation sites (tertiary alicyclic amines) is 1. The second-order valence-electron chi connectivity index (χ2n) is 4.68. The highest BCUT2D eigenvalue weighted by molar-refractivity contribution is 5.74. The molecule has 0 aromatic carbocycles. The van der Waals surface area contributed by atoms with Crippen molar-refractivity contribution >= 4 is 6.03 Å². The number of carbonyl (C=O) groups is 1. The molecule has 0 unspecified atom stereocenters. The molecular weight excluding hydrogens is 176 g/mol. The smallest absolute Gasteiger partial charge is 0.317 e. The van der Waals surface area contributed by atoms with Crippen LogP contribution in [0.5, 0.6) is 0 Å². The summed E-state index contributed by atoms with van der Waals surface area (Å²) in [5.41, 5.74) is 0.0629. The Balaban J connectivity index is 2.34. The fourth-order valence-corrected chi connectivity index (χ4v) is 1.21. The molecule has 0 aliphatic carbocycles. The lowest BCUT2D eigenvalue weighted by molar-refractivity contribution is 0.146. The summed E-state index contributed by atoms with van der Waals surface area (Å²) in [6.07, 6.45) is 0. The van der Waals surface area contributed by atoms with Crippen LogP contribution >= 0.6 is 0 Å². The van der Waals surface area contributed by atoms with Crippen LogP contribution in [0.2, 0.25) is 0 Å². The zero-order valence-corrected chi connectivity index (χ0v) is 9.35. The molecular formula is C11H18N2O. The molecule has 0 bridgehead atoms. The molecule has 78 valence electrons. The Morgan fingerprint density at radius 1 is 1.43 bits per heavy atom. The van der Waals surface area contributed by atoms with E-state index in [0.717, 1.165) is 13.1 Å². The van der Waals surface area contributed by atoms with E-state index in [4.69, 9.17) is 0 Å². The monoisotopic (exact) mass is 194 g/mol. The van der Waals surface area contributed by atoms with Crippen molar-refractivity contribution < 1.29 is 4.79 Å². The standard InChI is InChI=1S/C11H18N2O/c1-11(2,3)6-5-9-7-13(8-9)10(14)12-4/h9H,7-8H2,1-4H3,(H,12,14). The molecule has 2 amide bonds. The number of hydrogen-bond acceptors (Lipinski definition) is 1. The third-order valence-corrected chi connectivity index (χ3v) is 2.03. The number of nitrogens with zero attached hydrogens (tertiary/aromatic N) is 1. The first-order chi connectivity index (χ1) is 6.42. The van der Waals surface area contributed by atoms with Gasteiger partial charge in [0.25, 0.3) is 0 Å². The largest absolute Gasteiger partial charge is 0.341 e. The summed E-state index contributed by atoms with van der Waals surface area (Å²) in [6, 6.07) is -0.00110. The van der Waals surface area contributed by atoms with E-state index < -0.39 is 0 Å². The Hall–Kier alpha value is -1.17. The molecule has 1 heterocycles. The molecule has 1 aliphatic heterocycles. The zero-order valence-electron chi connectivity index (χ0n) is 9.35. The molecule has 1 fully saturated rings. The van der Waals surface area contributed by atoms with Crippen molar-refractivity contribution in [3.8, 4) is 11.8 Å². The summed E-state index contributed by atoms with van der Waals surface area (Å²) in [7, 11) is 1.65. The van der Waals surface area contributed by atoms with E-state index in [0.29, 0.717) is 5.92 Å². The van der Waals surface area contributed by atoms with Crippen molar-refractivity contribution in [1.82, 2.24) is 10.2 Å². The van der Waals surface area contributed by atoms with E-state index in [9.17, 15) is 4.79 Å². The maximum Gasteiger partial charge on any atom is 0.317 e. The first kappa shape index (κ1) is 10.9. The lowest BCUT2D eigenvalue weighted by Gasteiger charge is -2.36. The van der Waals surface area contributed by atoms with Gasteiger partial charge in [0.05, 0.1) is 5.92 Å². The van der Waals surface area contributed by atoms with Gasteiger partial charge in [-0.1, -0.05) is 11.8 Å². The predicted octanol–water partition coefficient (Wildman–Crippen LogP) is 1.31. The molecule has 0 saturated carbocycles. The van der Waals surface area contributed by atoms with Gasteiger partial charge in [-0.2, -0.15) is 0 Å². The van der Waals surface area contributed by atoms with Gasteiger partial charge in [0.15, 0.2) is 0 Å². The molecule has 1 aliphatic rings. The number of amides is 2. The molecule has 0 aromatic heterocycles. The van der Waals surface area contributed by atoms with E-state index in [2.05, 4.69) is 37.9 Å². The van der Waals surface area contributed by atoms with Crippen molar-refractivity contribution in [2.24, 2.45) is 11.3 Å². The van der Waals surface area contributed by atoms with Gasteiger partial charge in [-0.25, -0.2) is 4.79 Å². The second-order valence-corrected chi connectivity index (χ2v) is 4.68. The third-order valence-electron chi connectivity index (χ3n) is 2.03. The quantitative estimate of drug-likeness (QED) is 0.579. The Bertz CT molecular complexity index is 274. The SMILES string of the molecule is CNC(=O)N1CC(C#CC(C)(C)C)C1. The number of hydrogen-bond donors (Lipinski definition) is 1. The average molecular weight is 194 g/mol. The second kappa shape index (κ2) is 3.91. The summed E-state index contributed by atoms with van der Waals surface area (Å²) in [5, 5.41) is 2.60. The number of nitrogens with one attached hydrogen (secondary N) is 1. The minimum atomic E-state index is -0.00110. The number of rotatable bonds is 0. The molecule has 0 spiro atoms. The minimum absolute atomic E-state index is 0.00110. The predicted molar refractivity (Wildman–Crippen MR) is 56.7 cm³/mol. The van der Waals surface area contributed by atoms with E-state index in [-0.39, 0.29) is 11.4 Å². The van der Waals surface area contributed by atoms with E-state index in [1.54, 1.807) is 11.9 Å². The van der Waals surface area contributed by atoms with Crippen LogP contribution in [0.15, 0.2) is 0 Å². The third kappa shape index (κ3) is 2.95. The lowest BCUT2D eigenvalue weighted by Crippen LogP contribution is -2.52. The molecule has 3 heteroatoms. The van der Waals surface area contributed by atoms with Crippen molar-refractivity contribution in [3.63, 3.8) is 0 Å². The highest BCUT2D eigenvalue weighted by Crippen LogP contribution is 2.16. The van der Waals surface area contributed by atoms with Gasteiger partial charge in [-0.15, -0.1) is 0 Å². The van der Waals surface area contributed by atoms with Gasteiger partial charge >= 0.3 is 6.03 Å². The Morgan fingerprint density at radius 3 is 2.43 bits per heavy atom. The normalized spacial score (nSPS) is 16.7. The zero-order chi connectivity index (χ0) is 10.8. The Kier molecular flexibility index (Phi) is 3.05. The van der Waals surface area contributed by atoms with Crippen LogP contribution in [0, 0.1) is 23.2 Å². The minimum Gasteiger partial charge on any atom is -0.341 e. The van der Waals surface area contributed by atoms with Gasteiger partial charge in [0.1, 0.15) is 0 Å². The van der Waals surface area contributed by atoms with Crippen LogP contribution in [-0.4, -0.2) is 31.1 Å². The molecule has 1 N–H and O–H groups in total. The van der Waals surface area contributed by atoms with Crippen molar-refractivity contribution in [1.29, 1.82) is 0 Å². The number of urea groups is 1. The Morgan fingerprint density at radius 2 is 2.00 bits per heavy atom.